The summed E-state index contributed by atoms with van der Waals surface area (Å²) in [6.07, 6.45) is 2.41. The van der Waals surface area contributed by atoms with Gasteiger partial charge in [0.2, 0.25) is 0 Å². The van der Waals surface area contributed by atoms with Crippen molar-refractivity contribution in [3.8, 4) is 0 Å². The van der Waals surface area contributed by atoms with E-state index in [4.69, 9.17) is 0 Å². The number of carbonyl (C=O) groups is 1. The Labute approximate surface area is 105 Å². The largest absolute Gasteiger partial charge is 0.316 e. The number of nitrogens with one attached hydrogen (secondary N) is 1. The van der Waals surface area contributed by atoms with Crippen LogP contribution < -0.4 is 5.32 Å². The Balaban J connectivity index is 1.89. The summed E-state index contributed by atoms with van der Waals surface area (Å²) in [5, 5.41) is 3.29. The highest BCUT2D eigenvalue weighted by Gasteiger charge is 2.18. The molecule has 2 nitrogen and oxygen atoms in total. The van der Waals surface area contributed by atoms with Gasteiger partial charge in [0.25, 0.3) is 0 Å². The van der Waals surface area contributed by atoms with Crippen molar-refractivity contribution in [1.82, 2.24) is 5.32 Å². The summed E-state index contributed by atoms with van der Waals surface area (Å²) in [7, 11) is 0. The van der Waals surface area contributed by atoms with Gasteiger partial charge in [-0.05, 0) is 37.1 Å². The lowest BCUT2D eigenvalue weighted by molar-refractivity contribution is -0.119. The SMILES string of the molecule is O=C(Cc1ccccc1Br)CC1CCNC1. The first-order valence-electron chi connectivity index (χ1n) is 5.71. The summed E-state index contributed by atoms with van der Waals surface area (Å²) in [5.41, 5.74) is 1.10. The lowest BCUT2D eigenvalue weighted by Gasteiger charge is -2.08. The summed E-state index contributed by atoms with van der Waals surface area (Å²) in [4.78, 5) is 11.9. The van der Waals surface area contributed by atoms with Gasteiger partial charge in [-0.3, -0.25) is 4.79 Å². The molecular weight excluding hydrogens is 266 g/mol. The van der Waals surface area contributed by atoms with E-state index in [1.165, 1.54) is 0 Å². The van der Waals surface area contributed by atoms with Crippen LogP contribution in [-0.4, -0.2) is 18.9 Å². The summed E-state index contributed by atoms with van der Waals surface area (Å²) in [6, 6.07) is 7.94. The number of hydrogen-bond acceptors (Lipinski definition) is 2. The average molecular weight is 282 g/mol. The van der Waals surface area contributed by atoms with E-state index in [1.54, 1.807) is 0 Å². The highest BCUT2D eigenvalue weighted by molar-refractivity contribution is 9.10. The average Bonchev–Trinajstić information content (AvgIpc) is 2.74. The number of halogens is 1. The first kappa shape index (κ1) is 11.8. The van der Waals surface area contributed by atoms with Crippen molar-refractivity contribution in [2.45, 2.75) is 19.3 Å². The molecule has 0 bridgehead atoms. The van der Waals surface area contributed by atoms with Gasteiger partial charge in [-0.25, -0.2) is 0 Å². The molecule has 1 N–H and O–H groups in total. The van der Waals surface area contributed by atoms with Gasteiger partial charge in [-0.15, -0.1) is 0 Å². The molecule has 2 rings (SSSR count). The summed E-state index contributed by atoms with van der Waals surface area (Å²) in [5.74, 6) is 0.899. The highest BCUT2D eigenvalue weighted by Crippen LogP contribution is 2.19. The molecule has 0 saturated carbocycles. The molecule has 1 aromatic carbocycles. The van der Waals surface area contributed by atoms with Gasteiger partial charge in [-0.1, -0.05) is 34.1 Å². The van der Waals surface area contributed by atoms with Gasteiger partial charge in [0.1, 0.15) is 5.78 Å². The van der Waals surface area contributed by atoms with Crippen molar-refractivity contribution in [2.24, 2.45) is 5.92 Å². The molecule has 1 atom stereocenters. The zero-order valence-electron chi connectivity index (χ0n) is 9.21. The number of ketones is 1. The first-order valence-corrected chi connectivity index (χ1v) is 6.51. The fraction of sp³-hybridized carbons (Fsp3) is 0.462. The van der Waals surface area contributed by atoms with E-state index >= 15 is 0 Å². The highest BCUT2D eigenvalue weighted by atomic mass is 79.9. The second kappa shape index (κ2) is 5.60. The third-order valence-corrected chi connectivity index (χ3v) is 3.80. The van der Waals surface area contributed by atoms with E-state index in [1.807, 2.05) is 24.3 Å². The fourth-order valence-electron chi connectivity index (χ4n) is 2.14. The lowest BCUT2D eigenvalue weighted by Crippen LogP contribution is -2.14. The van der Waals surface area contributed by atoms with E-state index in [0.717, 1.165) is 29.5 Å². The van der Waals surface area contributed by atoms with Gasteiger partial charge in [0.15, 0.2) is 0 Å². The number of benzene rings is 1. The van der Waals surface area contributed by atoms with Crippen molar-refractivity contribution < 1.29 is 4.79 Å². The van der Waals surface area contributed by atoms with Crippen LogP contribution in [0.25, 0.3) is 0 Å². The monoisotopic (exact) mass is 281 g/mol. The van der Waals surface area contributed by atoms with Crippen LogP contribution >= 0.6 is 15.9 Å². The molecule has 3 heteroatoms. The van der Waals surface area contributed by atoms with Crippen molar-refractivity contribution in [1.29, 1.82) is 0 Å². The van der Waals surface area contributed by atoms with E-state index in [9.17, 15) is 4.79 Å². The second-order valence-corrected chi connectivity index (χ2v) is 5.22. The van der Waals surface area contributed by atoms with E-state index in [2.05, 4.69) is 21.2 Å². The van der Waals surface area contributed by atoms with E-state index in [-0.39, 0.29) is 0 Å². The first-order chi connectivity index (χ1) is 7.75. The Kier molecular flexibility index (Phi) is 4.13. The zero-order valence-corrected chi connectivity index (χ0v) is 10.8. The van der Waals surface area contributed by atoms with Crippen LogP contribution in [0.5, 0.6) is 0 Å². The lowest BCUT2D eigenvalue weighted by atomic mass is 9.98. The third-order valence-electron chi connectivity index (χ3n) is 3.02. The van der Waals surface area contributed by atoms with E-state index in [0.29, 0.717) is 24.5 Å². The zero-order chi connectivity index (χ0) is 11.4. The fourth-order valence-corrected chi connectivity index (χ4v) is 2.56. The maximum Gasteiger partial charge on any atom is 0.137 e. The third kappa shape index (κ3) is 3.16. The Morgan fingerprint density at radius 2 is 2.25 bits per heavy atom. The number of rotatable bonds is 4. The topological polar surface area (TPSA) is 29.1 Å². The summed E-state index contributed by atoms with van der Waals surface area (Å²) < 4.78 is 1.04. The quantitative estimate of drug-likeness (QED) is 0.919. The number of Topliss-reactive ketones (excluding diaryl/α,β-unsaturated/α-hetero) is 1. The molecule has 0 spiro atoms. The van der Waals surface area contributed by atoms with E-state index < -0.39 is 0 Å². The molecule has 1 fully saturated rings. The molecular formula is C13H16BrNO. The molecule has 0 aliphatic carbocycles. The molecule has 16 heavy (non-hydrogen) atoms. The molecule has 0 amide bonds. The Morgan fingerprint density at radius 3 is 2.94 bits per heavy atom. The molecule has 86 valence electrons. The summed E-state index contributed by atoms with van der Waals surface area (Å²) in [6.45, 7) is 2.06. The predicted octanol–water partition coefficient (Wildman–Crippen LogP) is 2.56. The normalized spacial score (nSPS) is 19.9. The molecule has 0 aromatic heterocycles. The van der Waals surface area contributed by atoms with Crippen LogP contribution in [0.4, 0.5) is 0 Å². The van der Waals surface area contributed by atoms with Crippen LogP contribution in [0, 0.1) is 5.92 Å². The molecule has 1 aliphatic rings. The van der Waals surface area contributed by atoms with Gasteiger partial charge >= 0.3 is 0 Å². The van der Waals surface area contributed by atoms with Gasteiger partial charge in [0.05, 0.1) is 0 Å². The van der Waals surface area contributed by atoms with Crippen molar-refractivity contribution in [2.75, 3.05) is 13.1 Å². The number of carbonyl (C=O) groups excluding carboxylic acids is 1. The van der Waals surface area contributed by atoms with Crippen LogP contribution in [0.1, 0.15) is 18.4 Å². The molecule has 1 heterocycles. The van der Waals surface area contributed by atoms with Crippen molar-refractivity contribution >= 4 is 21.7 Å². The standard InChI is InChI=1S/C13H16BrNO/c14-13-4-2-1-3-11(13)8-12(16)7-10-5-6-15-9-10/h1-4,10,15H,5-9H2. The Bertz CT molecular complexity index is 372. The Hall–Kier alpha value is -0.670. The molecule has 1 aliphatic heterocycles. The van der Waals surface area contributed by atoms with Crippen LogP contribution in [0.3, 0.4) is 0 Å². The summed E-state index contributed by atoms with van der Waals surface area (Å²) >= 11 is 3.47. The smallest absolute Gasteiger partial charge is 0.137 e. The van der Waals surface area contributed by atoms with Crippen molar-refractivity contribution in [3.63, 3.8) is 0 Å². The van der Waals surface area contributed by atoms with Gasteiger partial charge in [-0.2, -0.15) is 0 Å². The maximum atomic E-state index is 11.9. The molecule has 1 aromatic rings. The minimum absolute atomic E-state index is 0.348. The number of hydrogen-bond donors (Lipinski definition) is 1. The maximum absolute atomic E-state index is 11.9. The van der Waals surface area contributed by atoms with Gasteiger partial charge in [0, 0.05) is 17.3 Å². The Morgan fingerprint density at radius 1 is 1.44 bits per heavy atom. The van der Waals surface area contributed by atoms with Crippen LogP contribution in [0.2, 0.25) is 0 Å². The molecule has 0 radical (unpaired) electrons. The second-order valence-electron chi connectivity index (χ2n) is 4.37. The minimum Gasteiger partial charge on any atom is -0.316 e. The predicted molar refractivity (Wildman–Crippen MR) is 68.4 cm³/mol. The molecule has 1 unspecified atom stereocenters. The minimum atomic E-state index is 0.348. The van der Waals surface area contributed by atoms with Crippen molar-refractivity contribution in [3.05, 3.63) is 34.3 Å². The van der Waals surface area contributed by atoms with Crippen LogP contribution in [-0.2, 0) is 11.2 Å². The van der Waals surface area contributed by atoms with Crippen LogP contribution in [0.15, 0.2) is 28.7 Å². The van der Waals surface area contributed by atoms with Gasteiger partial charge < -0.3 is 5.32 Å². The molecule has 1 saturated heterocycles.